The molecular weight excluding hydrogens is 226 g/mol. The van der Waals surface area contributed by atoms with E-state index in [0.717, 1.165) is 25.9 Å². The van der Waals surface area contributed by atoms with Crippen LogP contribution in [0.2, 0.25) is 0 Å². The third kappa shape index (κ3) is 6.95. The van der Waals surface area contributed by atoms with Crippen LogP contribution in [0.5, 0.6) is 0 Å². The molecule has 0 aromatic rings. The van der Waals surface area contributed by atoms with Gasteiger partial charge in [0.1, 0.15) is 5.75 Å². The highest BCUT2D eigenvalue weighted by Gasteiger charge is 2.14. The van der Waals surface area contributed by atoms with Crippen LogP contribution < -0.4 is 0 Å². The van der Waals surface area contributed by atoms with E-state index in [-0.39, 0.29) is 18.3 Å². The predicted molar refractivity (Wildman–Crippen MR) is 66.7 cm³/mol. The number of hydrogen-bond donors (Lipinski definition) is 1. The van der Waals surface area contributed by atoms with Gasteiger partial charge in [0.15, 0.2) is 0 Å². The quantitative estimate of drug-likeness (QED) is 0.656. The van der Waals surface area contributed by atoms with E-state index >= 15 is 0 Å². The van der Waals surface area contributed by atoms with Crippen LogP contribution in [0.1, 0.15) is 33.1 Å². The molecule has 0 bridgehead atoms. The van der Waals surface area contributed by atoms with Crippen LogP contribution in [0.4, 0.5) is 0 Å². The van der Waals surface area contributed by atoms with Crippen molar-refractivity contribution in [2.45, 2.75) is 33.1 Å². The third-order valence-corrected chi connectivity index (χ3v) is 3.47. The second-order valence-electron chi connectivity index (χ2n) is 3.75. The van der Waals surface area contributed by atoms with Crippen LogP contribution >= 0.6 is 0 Å². The standard InChI is InChI=1S/C11H23NO3S/c1-3-6-12(7-4-2)11(14)10-16(15)9-5-8-13/h13H,3-10H2,1-2H3. The summed E-state index contributed by atoms with van der Waals surface area (Å²) in [5.41, 5.74) is 0. The van der Waals surface area contributed by atoms with Gasteiger partial charge in [0, 0.05) is 36.2 Å². The fourth-order valence-electron chi connectivity index (χ4n) is 1.43. The first-order chi connectivity index (χ1) is 7.65. The number of aliphatic hydroxyl groups excluding tert-OH is 1. The average molecular weight is 249 g/mol. The summed E-state index contributed by atoms with van der Waals surface area (Å²) < 4.78 is 11.5. The van der Waals surface area contributed by atoms with Crippen molar-refractivity contribution in [1.82, 2.24) is 4.90 Å². The molecule has 0 fully saturated rings. The summed E-state index contributed by atoms with van der Waals surface area (Å²) in [7, 11) is -1.13. The fourth-order valence-corrected chi connectivity index (χ4v) is 2.48. The molecule has 0 radical (unpaired) electrons. The van der Waals surface area contributed by atoms with Crippen LogP contribution in [0.25, 0.3) is 0 Å². The van der Waals surface area contributed by atoms with Crippen LogP contribution in [0.3, 0.4) is 0 Å². The zero-order valence-electron chi connectivity index (χ0n) is 10.3. The number of carbonyl (C=O) groups excluding carboxylic acids is 1. The lowest BCUT2D eigenvalue weighted by molar-refractivity contribution is -0.128. The summed E-state index contributed by atoms with van der Waals surface area (Å²) in [6.45, 7) is 5.57. The van der Waals surface area contributed by atoms with Gasteiger partial charge in [-0.15, -0.1) is 0 Å². The Morgan fingerprint density at radius 3 is 2.25 bits per heavy atom. The largest absolute Gasteiger partial charge is 0.396 e. The van der Waals surface area contributed by atoms with Crippen molar-refractivity contribution in [2.75, 3.05) is 31.2 Å². The predicted octanol–water partition coefficient (Wildman–Crippen LogP) is 0.766. The molecule has 0 aliphatic rings. The monoisotopic (exact) mass is 249 g/mol. The van der Waals surface area contributed by atoms with Gasteiger partial charge in [0.05, 0.1) is 0 Å². The van der Waals surface area contributed by atoms with Crippen molar-refractivity contribution in [3.63, 3.8) is 0 Å². The smallest absolute Gasteiger partial charge is 0.235 e. The van der Waals surface area contributed by atoms with E-state index in [9.17, 15) is 9.00 Å². The Bertz CT molecular complexity index is 215. The van der Waals surface area contributed by atoms with Gasteiger partial charge in [-0.1, -0.05) is 13.8 Å². The van der Waals surface area contributed by atoms with Crippen molar-refractivity contribution < 1.29 is 14.1 Å². The molecule has 0 saturated carbocycles. The maximum absolute atomic E-state index is 11.8. The molecule has 16 heavy (non-hydrogen) atoms. The van der Waals surface area contributed by atoms with E-state index in [1.54, 1.807) is 4.90 Å². The lowest BCUT2D eigenvalue weighted by Crippen LogP contribution is -2.36. The van der Waals surface area contributed by atoms with Crippen molar-refractivity contribution in [3.8, 4) is 0 Å². The highest BCUT2D eigenvalue weighted by Crippen LogP contribution is 1.98. The second kappa shape index (κ2) is 9.78. The average Bonchev–Trinajstić information content (AvgIpc) is 2.26. The number of nitrogens with zero attached hydrogens (tertiary/aromatic N) is 1. The molecule has 96 valence electrons. The molecule has 4 nitrogen and oxygen atoms in total. The molecule has 1 N–H and O–H groups in total. The Kier molecular flexibility index (Phi) is 9.52. The van der Waals surface area contributed by atoms with Gasteiger partial charge >= 0.3 is 0 Å². The lowest BCUT2D eigenvalue weighted by atomic mass is 10.3. The molecule has 0 aromatic carbocycles. The molecule has 1 unspecified atom stereocenters. The summed E-state index contributed by atoms with van der Waals surface area (Å²) in [6.07, 6.45) is 2.35. The zero-order chi connectivity index (χ0) is 12.4. The Hall–Kier alpha value is -0.420. The van der Waals surface area contributed by atoms with Crippen molar-refractivity contribution in [3.05, 3.63) is 0 Å². The maximum atomic E-state index is 11.8. The van der Waals surface area contributed by atoms with Gasteiger partial charge in [0.2, 0.25) is 5.91 Å². The van der Waals surface area contributed by atoms with Crippen molar-refractivity contribution >= 4 is 16.7 Å². The molecule has 0 spiro atoms. The topological polar surface area (TPSA) is 57.6 Å². The van der Waals surface area contributed by atoms with Gasteiger partial charge in [0.25, 0.3) is 0 Å². The van der Waals surface area contributed by atoms with Gasteiger partial charge in [-0.3, -0.25) is 9.00 Å². The third-order valence-electron chi connectivity index (χ3n) is 2.15. The summed E-state index contributed by atoms with van der Waals surface area (Å²) in [6, 6.07) is 0. The maximum Gasteiger partial charge on any atom is 0.235 e. The zero-order valence-corrected chi connectivity index (χ0v) is 11.1. The highest BCUT2D eigenvalue weighted by molar-refractivity contribution is 7.85. The first-order valence-corrected chi connectivity index (χ1v) is 7.38. The number of aliphatic hydroxyl groups is 1. The summed E-state index contributed by atoms with van der Waals surface area (Å²) >= 11 is 0. The van der Waals surface area contributed by atoms with E-state index in [4.69, 9.17) is 5.11 Å². The minimum absolute atomic E-state index is 0.0278. The van der Waals surface area contributed by atoms with Gasteiger partial charge in [-0.2, -0.15) is 0 Å². The van der Waals surface area contributed by atoms with Crippen molar-refractivity contribution in [1.29, 1.82) is 0 Å². The minimum atomic E-state index is -1.13. The molecule has 5 heteroatoms. The van der Waals surface area contributed by atoms with E-state index in [0.29, 0.717) is 12.2 Å². The van der Waals surface area contributed by atoms with Gasteiger partial charge in [-0.25, -0.2) is 0 Å². The van der Waals surface area contributed by atoms with E-state index in [1.807, 2.05) is 13.8 Å². The van der Waals surface area contributed by atoms with Gasteiger partial charge < -0.3 is 10.0 Å². The van der Waals surface area contributed by atoms with E-state index in [2.05, 4.69) is 0 Å². The molecular formula is C11H23NO3S. The Balaban J connectivity index is 4.02. The molecule has 0 aliphatic carbocycles. The molecule has 1 amide bonds. The van der Waals surface area contributed by atoms with Crippen molar-refractivity contribution in [2.24, 2.45) is 0 Å². The van der Waals surface area contributed by atoms with Crippen LogP contribution in [0.15, 0.2) is 0 Å². The van der Waals surface area contributed by atoms with Crippen LogP contribution in [-0.4, -0.2) is 51.3 Å². The fraction of sp³-hybridized carbons (Fsp3) is 0.909. The normalized spacial score (nSPS) is 12.4. The van der Waals surface area contributed by atoms with E-state index < -0.39 is 10.8 Å². The highest BCUT2D eigenvalue weighted by atomic mass is 32.2. The van der Waals surface area contributed by atoms with Gasteiger partial charge in [-0.05, 0) is 19.3 Å². The molecule has 0 rings (SSSR count). The summed E-state index contributed by atoms with van der Waals surface area (Å²) in [5, 5.41) is 8.60. The van der Waals surface area contributed by atoms with Crippen LogP contribution in [-0.2, 0) is 15.6 Å². The summed E-state index contributed by atoms with van der Waals surface area (Å²) in [4.78, 5) is 13.5. The Labute approximate surface area is 100 Å². The molecule has 0 heterocycles. The summed E-state index contributed by atoms with van der Waals surface area (Å²) in [5.74, 6) is 0.480. The number of hydrogen-bond acceptors (Lipinski definition) is 3. The first kappa shape index (κ1) is 15.6. The SMILES string of the molecule is CCCN(CCC)C(=O)CS(=O)CCCO. The number of carbonyl (C=O) groups is 1. The lowest BCUT2D eigenvalue weighted by Gasteiger charge is -2.21. The van der Waals surface area contributed by atoms with E-state index in [1.165, 1.54) is 0 Å². The second-order valence-corrected chi connectivity index (χ2v) is 5.32. The molecule has 0 aromatic heterocycles. The Morgan fingerprint density at radius 2 is 1.81 bits per heavy atom. The van der Waals surface area contributed by atoms with Crippen LogP contribution in [0, 0.1) is 0 Å². The molecule has 0 saturated heterocycles. The molecule has 0 aliphatic heterocycles. The number of rotatable bonds is 9. The number of amides is 1. The minimum Gasteiger partial charge on any atom is -0.396 e. The first-order valence-electron chi connectivity index (χ1n) is 5.89. The Morgan fingerprint density at radius 1 is 1.25 bits per heavy atom. The molecule has 1 atom stereocenters.